The molecule has 0 saturated carbocycles. The van der Waals surface area contributed by atoms with Gasteiger partial charge < -0.3 is 4.74 Å². The summed E-state index contributed by atoms with van der Waals surface area (Å²) < 4.78 is 31.5. The Balaban J connectivity index is 2.73. The molecule has 3 heteroatoms. The Kier molecular flexibility index (Phi) is 4.27. The Bertz CT molecular complexity index is 350. The molecule has 0 amide bonds. The van der Waals surface area contributed by atoms with Gasteiger partial charge in [0.1, 0.15) is 5.82 Å². The van der Waals surface area contributed by atoms with Crippen molar-refractivity contribution in [2.75, 3.05) is 0 Å². The summed E-state index contributed by atoms with van der Waals surface area (Å²) in [7, 11) is 0. The first-order valence-electron chi connectivity index (χ1n) is 5.53. The highest BCUT2D eigenvalue weighted by molar-refractivity contribution is 5.24. The van der Waals surface area contributed by atoms with E-state index in [2.05, 4.69) is 20.8 Å². The lowest BCUT2D eigenvalue weighted by Gasteiger charge is -2.24. The quantitative estimate of drug-likeness (QED) is 0.756. The number of rotatable bonds is 4. The van der Waals surface area contributed by atoms with Crippen LogP contribution in [0.3, 0.4) is 0 Å². The molecule has 0 aromatic heterocycles. The van der Waals surface area contributed by atoms with Gasteiger partial charge in [-0.1, -0.05) is 20.8 Å². The molecular formula is C13H18F2O. The van der Waals surface area contributed by atoms with Gasteiger partial charge in [0.25, 0.3) is 0 Å². The van der Waals surface area contributed by atoms with Crippen LogP contribution in [0.2, 0.25) is 0 Å². The van der Waals surface area contributed by atoms with Gasteiger partial charge in [-0.2, -0.15) is 0 Å². The molecule has 0 spiro atoms. The van der Waals surface area contributed by atoms with Gasteiger partial charge in [-0.05, 0) is 30.9 Å². The fourth-order valence-corrected chi connectivity index (χ4v) is 1.42. The first-order valence-corrected chi connectivity index (χ1v) is 5.53. The van der Waals surface area contributed by atoms with E-state index in [1.807, 2.05) is 6.92 Å². The van der Waals surface area contributed by atoms with Gasteiger partial charge in [-0.25, -0.2) is 8.78 Å². The van der Waals surface area contributed by atoms with E-state index >= 15 is 0 Å². The Hall–Kier alpha value is -1.12. The minimum Gasteiger partial charge on any atom is -0.487 e. The monoisotopic (exact) mass is 228 g/mol. The van der Waals surface area contributed by atoms with Gasteiger partial charge in [0.05, 0.1) is 6.10 Å². The van der Waals surface area contributed by atoms with E-state index in [1.54, 1.807) is 0 Å². The maximum absolute atomic E-state index is 13.3. The van der Waals surface area contributed by atoms with Gasteiger partial charge in [-0.3, -0.25) is 0 Å². The molecule has 1 aromatic carbocycles. The fraction of sp³-hybridized carbons (Fsp3) is 0.538. The third-order valence-corrected chi connectivity index (χ3v) is 3.00. The van der Waals surface area contributed by atoms with Crippen molar-refractivity contribution in [2.45, 2.75) is 33.8 Å². The van der Waals surface area contributed by atoms with Crippen molar-refractivity contribution >= 4 is 0 Å². The zero-order valence-electron chi connectivity index (χ0n) is 10.1. The molecule has 0 N–H and O–H groups in total. The smallest absolute Gasteiger partial charge is 0.167 e. The van der Waals surface area contributed by atoms with E-state index in [0.717, 1.165) is 6.07 Å². The van der Waals surface area contributed by atoms with Crippen LogP contribution in [0.5, 0.6) is 5.75 Å². The summed E-state index contributed by atoms with van der Waals surface area (Å²) in [5.41, 5.74) is 0. The van der Waals surface area contributed by atoms with Crippen LogP contribution in [-0.2, 0) is 0 Å². The first-order chi connectivity index (χ1) is 7.41. The van der Waals surface area contributed by atoms with Crippen molar-refractivity contribution in [2.24, 2.45) is 11.8 Å². The molecule has 0 aliphatic heterocycles. The summed E-state index contributed by atoms with van der Waals surface area (Å²) in [5.74, 6) is -0.360. The van der Waals surface area contributed by atoms with Crippen LogP contribution in [0.25, 0.3) is 0 Å². The highest BCUT2D eigenvalue weighted by Gasteiger charge is 2.18. The van der Waals surface area contributed by atoms with Crippen LogP contribution in [-0.4, -0.2) is 6.10 Å². The van der Waals surface area contributed by atoms with Crippen molar-refractivity contribution < 1.29 is 13.5 Å². The lowest BCUT2D eigenvalue weighted by molar-refractivity contribution is 0.127. The summed E-state index contributed by atoms with van der Waals surface area (Å²) >= 11 is 0. The van der Waals surface area contributed by atoms with Gasteiger partial charge in [0, 0.05) is 6.07 Å². The molecule has 0 unspecified atom stereocenters. The van der Waals surface area contributed by atoms with Gasteiger partial charge in [0.2, 0.25) is 0 Å². The van der Waals surface area contributed by atoms with Gasteiger partial charge in [0.15, 0.2) is 11.6 Å². The second-order valence-electron chi connectivity index (χ2n) is 4.50. The predicted octanol–water partition coefficient (Wildman–Crippen LogP) is 4.02. The summed E-state index contributed by atoms with van der Waals surface area (Å²) in [6, 6.07) is 3.36. The highest BCUT2D eigenvalue weighted by atomic mass is 19.1. The lowest BCUT2D eigenvalue weighted by atomic mass is 9.93. The molecule has 0 aliphatic rings. The molecule has 1 nitrogen and oxygen atoms in total. The minimum atomic E-state index is -0.650. The van der Waals surface area contributed by atoms with Crippen LogP contribution in [0, 0.1) is 23.5 Å². The van der Waals surface area contributed by atoms with Crippen LogP contribution in [0.4, 0.5) is 8.78 Å². The summed E-state index contributed by atoms with van der Waals surface area (Å²) in [4.78, 5) is 0. The van der Waals surface area contributed by atoms with Crippen molar-refractivity contribution in [1.82, 2.24) is 0 Å². The number of hydrogen-bond donors (Lipinski definition) is 0. The summed E-state index contributed by atoms with van der Waals surface area (Å²) in [6.07, 6.45) is -0.0973. The molecule has 90 valence electrons. The maximum Gasteiger partial charge on any atom is 0.167 e. The molecule has 2 atom stereocenters. The summed E-state index contributed by atoms with van der Waals surface area (Å²) in [5, 5.41) is 0. The highest BCUT2D eigenvalue weighted by Crippen LogP contribution is 2.23. The molecule has 1 rings (SSSR count). The average Bonchev–Trinajstić information content (AvgIpc) is 2.20. The third-order valence-electron chi connectivity index (χ3n) is 3.00. The lowest BCUT2D eigenvalue weighted by Crippen LogP contribution is -2.25. The van der Waals surface area contributed by atoms with Crippen molar-refractivity contribution in [3.8, 4) is 5.75 Å². The van der Waals surface area contributed by atoms with Crippen molar-refractivity contribution in [3.63, 3.8) is 0 Å². The van der Waals surface area contributed by atoms with E-state index in [9.17, 15) is 8.78 Å². The topological polar surface area (TPSA) is 9.23 Å². The van der Waals surface area contributed by atoms with E-state index < -0.39 is 11.6 Å². The standard InChI is InChI=1S/C13H18F2O/c1-8(2)9(3)10(4)16-13-6-5-11(14)7-12(13)15/h5-10H,1-4H3/t9-,10+/m1/s1. The van der Waals surface area contributed by atoms with Crippen molar-refractivity contribution in [3.05, 3.63) is 29.8 Å². The zero-order valence-corrected chi connectivity index (χ0v) is 10.1. The largest absolute Gasteiger partial charge is 0.487 e. The molecule has 0 fully saturated rings. The predicted molar refractivity (Wildman–Crippen MR) is 60.5 cm³/mol. The van der Waals surface area contributed by atoms with Crippen molar-refractivity contribution in [1.29, 1.82) is 0 Å². The number of halogens is 2. The molecule has 0 aliphatic carbocycles. The van der Waals surface area contributed by atoms with Crippen LogP contribution in [0.15, 0.2) is 18.2 Å². The van der Waals surface area contributed by atoms with Crippen LogP contribution >= 0.6 is 0 Å². The molecule has 0 saturated heterocycles. The van der Waals surface area contributed by atoms with E-state index in [-0.39, 0.29) is 11.9 Å². The number of ether oxygens (including phenoxy) is 1. The molecular weight excluding hydrogens is 210 g/mol. The Morgan fingerprint density at radius 1 is 1.06 bits per heavy atom. The summed E-state index contributed by atoms with van der Waals surface area (Å²) in [6.45, 7) is 8.13. The van der Waals surface area contributed by atoms with Crippen LogP contribution < -0.4 is 4.74 Å². The van der Waals surface area contributed by atoms with E-state index in [0.29, 0.717) is 11.8 Å². The number of benzene rings is 1. The second-order valence-corrected chi connectivity index (χ2v) is 4.50. The third kappa shape index (κ3) is 3.19. The van der Waals surface area contributed by atoms with E-state index in [4.69, 9.17) is 4.74 Å². The first kappa shape index (κ1) is 12.9. The Morgan fingerprint density at radius 3 is 2.19 bits per heavy atom. The average molecular weight is 228 g/mol. The SMILES string of the molecule is CC(C)[C@@H](C)[C@H](C)Oc1ccc(F)cc1F. The fourth-order valence-electron chi connectivity index (χ4n) is 1.42. The van der Waals surface area contributed by atoms with Crippen LogP contribution in [0.1, 0.15) is 27.7 Å². The number of hydrogen-bond acceptors (Lipinski definition) is 1. The minimum absolute atomic E-state index is 0.0973. The zero-order chi connectivity index (χ0) is 12.3. The Labute approximate surface area is 95.4 Å². The molecule has 0 radical (unpaired) electrons. The molecule has 1 aromatic rings. The maximum atomic E-state index is 13.3. The Morgan fingerprint density at radius 2 is 1.69 bits per heavy atom. The normalized spacial score (nSPS) is 14.9. The van der Waals surface area contributed by atoms with E-state index in [1.165, 1.54) is 12.1 Å². The van der Waals surface area contributed by atoms with Gasteiger partial charge in [-0.15, -0.1) is 0 Å². The molecule has 0 heterocycles. The molecule has 0 bridgehead atoms. The van der Waals surface area contributed by atoms with Gasteiger partial charge >= 0.3 is 0 Å². The second kappa shape index (κ2) is 5.28. The molecule has 16 heavy (non-hydrogen) atoms.